The second-order valence-corrected chi connectivity index (χ2v) is 10.1. The monoisotopic (exact) mass is 575 g/mol. The van der Waals surface area contributed by atoms with Crippen molar-refractivity contribution in [1.29, 1.82) is 0 Å². The second-order valence-electron chi connectivity index (χ2n) is 9.68. The summed E-state index contributed by atoms with van der Waals surface area (Å²) in [5, 5.41) is 9.05. The molecule has 3 aliphatic rings. The molecule has 3 aromatic carbocycles. The summed E-state index contributed by atoms with van der Waals surface area (Å²) >= 11 is 5.37. The zero-order valence-corrected chi connectivity index (χ0v) is 23.2. The van der Waals surface area contributed by atoms with E-state index < -0.39 is 18.0 Å². The topological polar surface area (TPSA) is 103 Å². The van der Waals surface area contributed by atoms with E-state index >= 15 is 0 Å². The molecule has 1 fully saturated rings. The van der Waals surface area contributed by atoms with Crippen LogP contribution in [0.5, 0.6) is 11.5 Å². The van der Waals surface area contributed by atoms with Gasteiger partial charge in [-0.2, -0.15) is 0 Å². The first-order chi connectivity index (χ1) is 20.4. The normalized spacial score (nSPS) is 19.3. The first kappa shape index (κ1) is 26.7. The number of nitrogens with zero attached hydrogens (tertiary/aromatic N) is 2. The van der Waals surface area contributed by atoms with E-state index in [1.807, 2.05) is 79.7 Å². The highest BCUT2D eigenvalue weighted by atomic mass is 32.1. The summed E-state index contributed by atoms with van der Waals surface area (Å²) in [4.78, 5) is 43.4. The molecule has 0 radical (unpaired) electrons. The number of allylic oxidation sites excluding steroid dienone is 2. The Labute approximate surface area is 247 Å². The van der Waals surface area contributed by atoms with Crippen LogP contribution in [0.15, 0.2) is 132 Å². The quantitative estimate of drug-likeness (QED) is 0.222. The van der Waals surface area contributed by atoms with Gasteiger partial charge in [0.05, 0.1) is 11.3 Å². The van der Waals surface area contributed by atoms with Crippen LogP contribution in [0, 0.1) is 0 Å². The number of para-hydroxylation sites is 2. The van der Waals surface area contributed by atoms with Crippen molar-refractivity contribution in [3.8, 4) is 11.5 Å². The first-order valence-electron chi connectivity index (χ1n) is 13.1. The first-order valence-corrected chi connectivity index (χ1v) is 13.5. The molecule has 208 valence electrons. The van der Waals surface area contributed by atoms with Gasteiger partial charge < -0.3 is 15.4 Å². The Balaban J connectivity index is 1.35. The van der Waals surface area contributed by atoms with Crippen molar-refractivity contribution in [3.05, 3.63) is 132 Å². The van der Waals surface area contributed by atoms with Gasteiger partial charge in [0.1, 0.15) is 29.1 Å². The minimum absolute atomic E-state index is 0.0663. The van der Waals surface area contributed by atoms with E-state index in [2.05, 4.69) is 16.0 Å². The zero-order valence-electron chi connectivity index (χ0n) is 22.4. The summed E-state index contributed by atoms with van der Waals surface area (Å²) in [6.07, 6.45) is 6.37. The Morgan fingerprint density at radius 3 is 2.26 bits per heavy atom. The van der Waals surface area contributed by atoms with Crippen LogP contribution in [0.1, 0.15) is 6.92 Å². The molecule has 3 aromatic rings. The fraction of sp³-hybridized carbons (Fsp3) is 0.0625. The van der Waals surface area contributed by atoms with Crippen LogP contribution < -0.4 is 25.6 Å². The molecule has 0 aromatic heterocycles. The highest BCUT2D eigenvalue weighted by Gasteiger charge is 2.38. The van der Waals surface area contributed by atoms with Gasteiger partial charge in [-0.1, -0.05) is 42.5 Å². The predicted molar refractivity (Wildman–Crippen MR) is 163 cm³/mol. The number of nitrogens with one attached hydrogen (secondary N) is 3. The molecule has 3 N–H and O–H groups in total. The maximum Gasteiger partial charge on any atom is 0.270 e. The van der Waals surface area contributed by atoms with Crippen molar-refractivity contribution in [2.24, 2.45) is 0 Å². The van der Waals surface area contributed by atoms with Crippen LogP contribution in [-0.2, 0) is 14.4 Å². The summed E-state index contributed by atoms with van der Waals surface area (Å²) in [5.74, 6) is -0.141. The number of rotatable bonds is 6. The minimum Gasteiger partial charge on any atom is -0.457 e. The van der Waals surface area contributed by atoms with Crippen LogP contribution in [0.25, 0.3) is 0 Å². The molecule has 10 heteroatoms. The van der Waals surface area contributed by atoms with Gasteiger partial charge in [-0.25, -0.2) is 0 Å². The summed E-state index contributed by atoms with van der Waals surface area (Å²) in [6.45, 7) is 1.88. The highest BCUT2D eigenvalue weighted by molar-refractivity contribution is 7.80. The van der Waals surface area contributed by atoms with Crippen molar-refractivity contribution < 1.29 is 19.1 Å². The number of hydrogen-bond donors (Lipinski definition) is 3. The Morgan fingerprint density at radius 2 is 1.55 bits per heavy atom. The molecule has 1 atom stereocenters. The van der Waals surface area contributed by atoms with Gasteiger partial charge in [-0.05, 0) is 85.4 Å². The number of hydrogen-bond acceptors (Lipinski definition) is 7. The average Bonchev–Trinajstić information content (AvgIpc) is 2.99. The molecular weight excluding hydrogens is 550 g/mol. The van der Waals surface area contributed by atoms with Gasteiger partial charge in [0.2, 0.25) is 0 Å². The second kappa shape index (κ2) is 11.2. The Morgan fingerprint density at radius 1 is 0.881 bits per heavy atom. The number of carbonyl (C=O) groups is 3. The Kier molecular flexibility index (Phi) is 7.12. The largest absolute Gasteiger partial charge is 0.457 e. The van der Waals surface area contributed by atoms with Crippen LogP contribution in [-0.4, -0.2) is 33.9 Å². The summed E-state index contributed by atoms with van der Waals surface area (Å²) in [7, 11) is 0. The third-order valence-electron chi connectivity index (χ3n) is 6.72. The van der Waals surface area contributed by atoms with Crippen LogP contribution in [0.2, 0.25) is 0 Å². The van der Waals surface area contributed by atoms with Crippen LogP contribution in [0.4, 0.5) is 11.4 Å². The third kappa shape index (κ3) is 5.30. The van der Waals surface area contributed by atoms with E-state index in [0.717, 1.165) is 11.3 Å². The number of anilines is 2. The number of thiocarbonyl (C=S) groups is 1. The maximum absolute atomic E-state index is 13.8. The number of amides is 3. The lowest BCUT2D eigenvalue weighted by Gasteiger charge is -2.37. The van der Waals surface area contributed by atoms with Crippen molar-refractivity contribution in [1.82, 2.24) is 15.5 Å². The molecule has 9 nitrogen and oxygen atoms in total. The van der Waals surface area contributed by atoms with Gasteiger partial charge in [0, 0.05) is 11.9 Å². The molecule has 1 saturated heterocycles. The number of fused-ring (bicyclic) bond motifs is 1. The van der Waals surface area contributed by atoms with Gasteiger partial charge >= 0.3 is 0 Å². The molecule has 0 aliphatic carbocycles. The average molecular weight is 576 g/mol. The van der Waals surface area contributed by atoms with E-state index in [4.69, 9.17) is 17.0 Å². The van der Waals surface area contributed by atoms with E-state index in [1.165, 1.54) is 15.9 Å². The SMILES string of the molecule is CC1=CN2C(=O)C(/C=C3\C(=O)NC(=S)N(c4ccc(Oc5ccccc5)cc4)C3=O)=C(Nc3ccccc3)NC2C=C1. The molecule has 0 bridgehead atoms. The van der Waals surface area contributed by atoms with Crippen molar-refractivity contribution in [2.45, 2.75) is 13.1 Å². The Hall–Kier alpha value is -5.48. The van der Waals surface area contributed by atoms with E-state index in [0.29, 0.717) is 23.0 Å². The molecule has 3 amide bonds. The standard InChI is InChI=1S/C32H25N5O4S/c1-20-12-17-27-34-28(33-21-8-4-2-5-9-21)25(30(39)36(27)19-20)18-26-29(38)35-32(42)37(31(26)40)22-13-15-24(16-14-22)41-23-10-6-3-7-11-23/h2-19,27,33-34H,1H3,(H,35,38,42)/b26-18+. The van der Waals surface area contributed by atoms with E-state index in [1.54, 1.807) is 30.5 Å². The lowest BCUT2D eigenvalue weighted by atomic mass is 10.0. The van der Waals surface area contributed by atoms with Crippen molar-refractivity contribution >= 4 is 46.4 Å². The molecule has 3 aliphatic heterocycles. The van der Waals surface area contributed by atoms with Gasteiger partial charge in [0.25, 0.3) is 17.7 Å². The minimum atomic E-state index is -0.697. The molecule has 42 heavy (non-hydrogen) atoms. The van der Waals surface area contributed by atoms with Crippen molar-refractivity contribution in [3.63, 3.8) is 0 Å². The molecule has 0 saturated carbocycles. The summed E-state index contributed by atoms with van der Waals surface area (Å²) in [6, 6.07) is 25.3. The maximum atomic E-state index is 13.8. The number of benzene rings is 3. The summed E-state index contributed by atoms with van der Waals surface area (Å²) in [5.41, 5.74) is 1.92. The van der Waals surface area contributed by atoms with Gasteiger partial charge in [-0.3, -0.25) is 29.5 Å². The molecule has 6 rings (SSSR count). The predicted octanol–water partition coefficient (Wildman–Crippen LogP) is 4.71. The van der Waals surface area contributed by atoms with Crippen LogP contribution >= 0.6 is 12.2 Å². The highest BCUT2D eigenvalue weighted by Crippen LogP contribution is 2.29. The smallest absolute Gasteiger partial charge is 0.270 e. The molecule has 0 spiro atoms. The molecule has 1 unspecified atom stereocenters. The third-order valence-corrected chi connectivity index (χ3v) is 7.00. The fourth-order valence-corrected chi connectivity index (χ4v) is 4.96. The summed E-state index contributed by atoms with van der Waals surface area (Å²) < 4.78 is 5.85. The number of carbonyl (C=O) groups excluding carboxylic acids is 3. The van der Waals surface area contributed by atoms with Crippen LogP contribution in [0.3, 0.4) is 0 Å². The fourth-order valence-electron chi connectivity index (χ4n) is 4.68. The van der Waals surface area contributed by atoms with Gasteiger partial charge in [0.15, 0.2) is 5.11 Å². The Bertz CT molecular complexity index is 1710. The van der Waals surface area contributed by atoms with Crippen molar-refractivity contribution in [2.75, 3.05) is 10.2 Å². The number of ether oxygens (including phenoxy) is 1. The van der Waals surface area contributed by atoms with E-state index in [-0.39, 0.29) is 22.2 Å². The van der Waals surface area contributed by atoms with E-state index in [9.17, 15) is 14.4 Å². The zero-order chi connectivity index (χ0) is 29.2. The lowest BCUT2D eigenvalue weighted by molar-refractivity contribution is -0.126. The van der Waals surface area contributed by atoms with Gasteiger partial charge in [-0.15, -0.1) is 0 Å². The molecular formula is C32H25N5O4S. The lowest BCUT2D eigenvalue weighted by Crippen LogP contribution is -2.55. The molecule has 3 heterocycles.